The Kier molecular flexibility index (Phi) is 9.08. The summed E-state index contributed by atoms with van der Waals surface area (Å²) in [5.41, 5.74) is 4.27. The first-order valence-corrected chi connectivity index (χ1v) is 10.2. The van der Waals surface area contributed by atoms with Crippen LogP contribution in [0.15, 0.2) is 29.4 Å². The van der Waals surface area contributed by atoms with Crippen LogP contribution in [-0.4, -0.2) is 44.8 Å². The zero-order valence-electron chi connectivity index (χ0n) is 17.4. The van der Waals surface area contributed by atoms with E-state index in [2.05, 4.69) is 51.9 Å². The summed E-state index contributed by atoms with van der Waals surface area (Å²) >= 11 is 0. The molecule has 2 aromatic rings. The molecule has 0 radical (unpaired) electrons. The highest BCUT2D eigenvalue weighted by Gasteiger charge is 2.33. The number of aromatic nitrogens is 1. The van der Waals surface area contributed by atoms with E-state index in [4.69, 9.17) is 4.74 Å². The Morgan fingerprint density at radius 2 is 2.04 bits per heavy atom. The monoisotopic (exact) mass is 498 g/mol. The summed E-state index contributed by atoms with van der Waals surface area (Å²) in [6, 6.07) is 6.42. The van der Waals surface area contributed by atoms with Crippen molar-refractivity contribution in [3.05, 3.63) is 35.5 Å². The third-order valence-electron chi connectivity index (χ3n) is 6.04. The molecular weight excluding hydrogens is 463 g/mol. The minimum Gasteiger partial charge on any atom is -0.385 e. The van der Waals surface area contributed by atoms with Crippen LogP contribution in [0.3, 0.4) is 0 Å². The lowest BCUT2D eigenvalue weighted by atomic mass is 9.83. The number of nitrogens with one attached hydrogen (secondary N) is 3. The molecule has 3 rings (SSSR count). The molecule has 1 aliphatic carbocycles. The number of guanidine groups is 1. The second-order valence-corrected chi connectivity index (χ2v) is 7.86. The number of ether oxygens (including phenoxy) is 1. The summed E-state index contributed by atoms with van der Waals surface area (Å²) < 4.78 is 5.34. The number of methoxy groups -OCH3 is 1. The Hall–Kier alpha value is -1.28. The van der Waals surface area contributed by atoms with E-state index in [1.165, 1.54) is 47.7 Å². The summed E-state index contributed by atoms with van der Waals surface area (Å²) in [6.07, 6.45) is 9.47. The average Bonchev–Trinajstić information content (AvgIpc) is 3.31. The molecule has 28 heavy (non-hydrogen) atoms. The van der Waals surface area contributed by atoms with Crippen molar-refractivity contribution in [3.63, 3.8) is 0 Å². The van der Waals surface area contributed by atoms with Crippen LogP contribution in [0.25, 0.3) is 10.9 Å². The number of aryl methyl sites for hydroxylation is 1. The van der Waals surface area contributed by atoms with Crippen molar-refractivity contribution in [2.45, 2.75) is 45.4 Å². The summed E-state index contributed by atoms with van der Waals surface area (Å²) in [5.74, 6) is 0.898. The number of aromatic amines is 1. The average molecular weight is 498 g/mol. The Morgan fingerprint density at radius 1 is 1.25 bits per heavy atom. The highest BCUT2D eigenvalue weighted by atomic mass is 127. The predicted octanol–water partition coefficient (Wildman–Crippen LogP) is 4.40. The number of halogens is 1. The second-order valence-electron chi connectivity index (χ2n) is 7.86. The Morgan fingerprint density at radius 3 is 2.75 bits per heavy atom. The number of hydrogen-bond donors (Lipinski definition) is 3. The molecule has 0 amide bonds. The number of aliphatic imine (C=N–C) groups is 1. The molecule has 5 nitrogen and oxygen atoms in total. The van der Waals surface area contributed by atoms with Crippen LogP contribution in [0.4, 0.5) is 0 Å². The quantitative estimate of drug-likeness (QED) is 0.287. The summed E-state index contributed by atoms with van der Waals surface area (Å²) in [4.78, 5) is 7.80. The van der Waals surface area contributed by atoms with Gasteiger partial charge in [0.25, 0.3) is 0 Å². The first kappa shape index (κ1) is 23.0. The van der Waals surface area contributed by atoms with Crippen LogP contribution in [-0.2, 0) is 11.2 Å². The maximum atomic E-state index is 5.34. The first-order valence-electron chi connectivity index (χ1n) is 10.2. The molecule has 1 aliphatic rings. The SMILES string of the molecule is CN=C(NCCc1c[nH]c2cccc(C)c12)NCC1(CCOC)CCCC1.I. The molecule has 1 saturated carbocycles. The van der Waals surface area contributed by atoms with Gasteiger partial charge in [0.05, 0.1) is 0 Å². The second kappa shape index (κ2) is 11.0. The highest BCUT2D eigenvalue weighted by molar-refractivity contribution is 14.0. The smallest absolute Gasteiger partial charge is 0.191 e. The lowest BCUT2D eigenvalue weighted by molar-refractivity contribution is 0.138. The lowest BCUT2D eigenvalue weighted by Gasteiger charge is -2.30. The molecule has 156 valence electrons. The van der Waals surface area contributed by atoms with Crippen LogP contribution < -0.4 is 10.6 Å². The van der Waals surface area contributed by atoms with Gasteiger partial charge in [-0.2, -0.15) is 0 Å². The van der Waals surface area contributed by atoms with Gasteiger partial charge in [-0.25, -0.2) is 0 Å². The lowest BCUT2D eigenvalue weighted by Crippen LogP contribution is -2.43. The maximum Gasteiger partial charge on any atom is 0.191 e. The molecule has 0 atom stereocenters. The van der Waals surface area contributed by atoms with E-state index in [1.54, 1.807) is 7.11 Å². The first-order chi connectivity index (χ1) is 13.2. The van der Waals surface area contributed by atoms with Gasteiger partial charge in [0.1, 0.15) is 0 Å². The minimum atomic E-state index is 0. The van der Waals surface area contributed by atoms with Gasteiger partial charge in [-0.3, -0.25) is 4.99 Å². The Labute approximate surface area is 186 Å². The number of nitrogens with zero attached hydrogens (tertiary/aromatic N) is 1. The molecule has 0 saturated heterocycles. The van der Waals surface area contributed by atoms with Crippen molar-refractivity contribution in [2.75, 3.05) is 33.9 Å². The van der Waals surface area contributed by atoms with Crippen molar-refractivity contribution >= 4 is 40.8 Å². The van der Waals surface area contributed by atoms with Gasteiger partial charge >= 0.3 is 0 Å². The molecule has 3 N–H and O–H groups in total. The molecule has 0 aliphatic heterocycles. The van der Waals surface area contributed by atoms with Gasteiger partial charge in [0.15, 0.2) is 5.96 Å². The van der Waals surface area contributed by atoms with E-state index in [-0.39, 0.29) is 24.0 Å². The minimum absolute atomic E-state index is 0. The highest BCUT2D eigenvalue weighted by Crippen LogP contribution is 2.40. The van der Waals surface area contributed by atoms with E-state index >= 15 is 0 Å². The Bertz CT molecular complexity index is 765. The molecule has 0 spiro atoms. The molecule has 1 aromatic carbocycles. The third-order valence-corrected chi connectivity index (χ3v) is 6.04. The zero-order valence-corrected chi connectivity index (χ0v) is 19.8. The van der Waals surface area contributed by atoms with Crippen LogP contribution in [0.1, 0.15) is 43.2 Å². The fourth-order valence-corrected chi connectivity index (χ4v) is 4.41. The van der Waals surface area contributed by atoms with Crippen LogP contribution in [0.2, 0.25) is 0 Å². The fraction of sp³-hybridized carbons (Fsp3) is 0.591. The van der Waals surface area contributed by atoms with Gasteiger partial charge < -0.3 is 20.4 Å². The van der Waals surface area contributed by atoms with E-state index in [9.17, 15) is 0 Å². The van der Waals surface area contributed by atoms with E-state index in [0.717, 1.165) is 38.5 Å². The van der Waals surface area contributed by atoms with E-state index in [1.807, 2.05) is 7.05 Å². The van der Waals surface area contributed by atoms with Crippen molar-refractivity contribution in [2.24, 2.45) is 10.4 Å². The molecular formula is C22H35IN4O. The van der Waals surface area contributed by atoms with Crippen molar-refractivity contribution in [1.29, 1.82) is 0 Å². The van der Waals surface area contributed by atoms with Gasteiger partial charge in [-0.1, -0.05) is 25.0 Å². The van der Waals surface area contributed by atoms with Crippen molar-refractivity contribution in [1.82, 2.24) is 15.6 Å². The normalized spacial score (nSPS) is 16.2. The molecule has 1 fully saturated rings. The molecule has 1 aromatic heterocycles. The largest absolute Gasteiger partial charge is 0.385 e. The summed E-state index contributed by atoms with van der Waals surface area (Å²) in [7, 11) is 3.64. The number of rotatable bonds is 8. The van der Waals surface area contributed by atoms with E-state index in [0.29, 0.717) is 5.41 Å². The maximum absolute atomic E-state index is 5.34. The van der Waals surface area contributed by atoms with Crippen molar-refractivity contribution in [3.8, 4) is 0 Å². The third kappa shape index (κ3) is 5.63. The molecule has 0 unspecified atom stereocenters. The van der Waals surface area contributed by atoms with Gasteiger partial charge in [-0.15, -0.1) is 24.0 Å². The van der Waals surface area contributed by atoms with E-state index < -0.39 is 0 Å². The Balaban J connectivity index is 0.00000280. The number of fused-ring (bicyclic) bond motifs is 1. The fourth-order valence-electron chi connectivity index (χ4n) is 4.41. The molecule has 0 bridgehead atoms. The van der Waals surface area contributed by atoms with Crippen LogP contribution in [0.5, 0.6) is 0 Å². The molecule has 1 heterocycles. The summed E-state index contributed by atoms with van der Waals surface area (Å²) in [5, 5.41) is 8.40. The number of H-pyrrole nitrogens is 1. The zero-order chi connectivity index (χ0) is 19.1. The van der Waals surface area contributed by atoms with Gasteiger partial charge in [0.2, 0.25) is 0 Å². The standard InChI is InChI=1S/C22H34N4O.HI/c1-17-7-6-8-19-20(17)18(15-25-19)9-13-24-21(23-2)26-16-22(12-14-27-3)10-4-5-11-22;/h6-8,15,25H,4-5,9-14,16H2,1-3H3,(H2,23,24,26);1H. The van der Waals surface area contributed by atoms with Crippen molar-refractivity contribution < 1.29 is 4.74 Å². The van der Waals surface area contributed by atoms with Gasteiger partial charge in [-0.05, 0) is 55.2 Å². The van der Waals surface area contributed by atoms with Gasteiger partial charge in [0, 0.05) is 51.0 Å². The molecule has 6 heteroatoms. The predicted molar refractivity (Wildman–Crippen MR) is 129 cm³/mol. The van der Waals surface area contributed by atoms with Crippen LogP contribution in [0, 0.1) is 12.3 Å². The topological polar surface area (TPSA) is 61.4 Å². The van der Waals surface area contributed by atoms with Crippen LogP contribution >= 0.6 is 24.0 Å². The summed E-state index contributed by atoms with van der Waals surface area (Å²) in [6.45, 7) is 4.86. The number of hydrogen-bond acceptors (Lipinski definition) is 2. The number of benzene rings is 1.